The van der Waals surface area contributed by atoms with Gasteiger partial charge in [-0.2, -0.15) is 0 Å². The van der Waals surface area contributed by atoms with E-state index >= 15 is 0 Å². The summed E-state index contributed by atoms with van der Waals surface area (Å²) in [6.45, 7) is 5.44. The number of morpholine rings is 1. The van der Waals surface area contributed by atoms with Crippen molar-refractivity contribution < 1.29 is 14.6 Å². The molecule has 0 aromatic heterocycles. The maximum absolute atomic E-state index is 12.3. The van der Waals surface area contributed by atoms with Gasteiger partial charge in [-0.3, -0.25) is 4.79 Å². The molecule has 0 spiro atoms. The van der Waals surface area contributed by atoms with Crippen LogP contribution in [0.5, 0.6) is 5.75 Å². The van der Waals surface area contributed by atoms with Gasteiger partial charge in [-0.15, -0.1) is 0 Å². The molecule has 1 aliphatic heterocycles. The van der Waals surface area contributed by atoms with Crippen LogP contribution in [0.25, 0.3) is 0 Å². The quantitative estimate of drug-likeness (QED) is 0.851. The van der Waals surface area contributed by atoms with Crippen LogP contribution in [0.3, 0.4) is 0 Å². The van der Waals surface area contributed by atoms with E-state index < -0.39 is 0 Å². The zero-order valence-corrected chi connectivity index (χ0v) is 11.2. The molecule has 1 aromatic rings. The van der Waals surface area contributed by atoms with Gasteiger partial charge >= 0.3 is 0 Å². The molecule has 1 saturated heterocycles. The number of amides is 1. The zero-order valence-electron chi connectivity index (χ0n) is 10.4. The molecule has 0 aliphatic carbocycles. The number of phenols is 1. The lowest BCUT2D eigenvalue weighted by atomic mass is 10.1. The lowest BCUT2D eigenvalue weighted by Gasteiger charge is -2.38. The van der Waals surface area contributed by atoms with E-state index in [4.69, 9.17) is 16.3 Å². The fraction of sp³-hybridized carbons (Fsp3) is 0.462. The van der Waals surface area contributed by atoms with Crippen molar-refractivity contribution in [2.75, 3.05) is 19.7 Å². The third-order valence-corrected chi connectivity index (χ3v) is 3.22. The molecule has 2 rings (SSSR count). The normalized spacial score (nSPS) is 18.7. The Morgan fingerprint density at radius 2 is 2.22 bits per heavy atom. The highest BCUT2D eigenvalue weighted by Gasteiger charge is 2.31. The molecule has 1 amide bonds. The average molecular weight is 270 g/mol. The van der Waals surface area contributed by atoms with Crippen molar-refractivity contribution in [2.45, 2.75) is 19.4 Å². The summed E-state index contributed by atoms with van der Waals surface area (Å²) >= 11 is 5.99. The van der Waals surface area contributed by atoms with Crippen molar-refractivity contribution in [3.8, 4) is 5.75 Å². The van der Waals surface area contributed by atoms with Gasteiger partial charge in [-0.05, 0) is 32.0 Å². The Kier molecular flexibility index (Phi) is 3.50. The Hall–Kier alpha value is -1.26. The zero-order chi connectivity index (χ0) is 13.3. The number of phenolic OH excluding ortho intramolecular Hbond substituents is 1. The van der Waals surface area contributed by atoms with Gasteiger partial charge in [0.25, 0.3) is 5.91 Å². The Morgan fingerprint density at radius 3 is 2.89 bits per heavy atom. The second-order valence-electron chi connectivity index (χ2n) is 5.00. The Balaban J connectivity index is 2.23. The predicted octanol–water partition coefficient (Wildman–Crippen LogP) is 2.30. The maximum Gasteiger partial charge on any atom is 0.255 e. The number of halogens is 1. The van der Waals surface area contributed by atoms with E-state index in [0.717, 1.165) is 0 Å². The van der Waals surface area contributed by atoms with E-state index in [2.05, 4.69) is 0 Å². The van der Waals surface area contributed by atoms with Gasteiger partial charge in [-0.25, -0.2) is 0 Å². The molecule has 0 atom stereocenters. The number of hydrogen-bond donors (Lipinski definition) is 1. The molecule has 1 aliphatic rings. The number of carbonyl (C=O) groups is 1. The third-order valence-electron chi connectivity index (χ3n) is 2.89. The highest BCUT2D eigenvalue weighted by molar-refractivity contribution is 6.33. The van der Waals surface area contributed by atoms with Crippen LogP contribution in [-0.4, -0.2) is 41.2 Å². The topological polar surface area (TPSA) is 49.8 Å². The molecule has 1 aromatic carbocycles. The van der Waals surface area contributed by atoms with Crippen LogP contribution in [-0.2, 0) is 4.74 Å². The summed E-state index contributed by atoms with van der Waals surface area (Å²) in [5, 5.41) is 9.78. The molecular formula is C13H16ClNO3. The fourth-order valence-electron chi connectivity index (χ4n) is 2.04. The molecule has 98 valence electrons. The lowest BCUT2D eigenvalue weighted by molar-refractivity contribution is -0.0764. The summed E-state index contributed by atoms with van der Waals surface area (Å²) in [6.07, 6.45) is 0. The average Bonchev–Trinajstić information content (AvgIpc) is 2.30. The van der Waals surface area contributed by atoms with Crippen LogP contribution in [0.4, 0.5) is 0 Å². The van der Waals surface area contributed by atoms with Gasteiger partial charge < -0.3 is 14.7 Å². The van der Waals surface area contributed by atoms with Crippen LogP contribution < -0.4 is 0 Å². The molecule has 1 heterocycles. The minimum atomic E-state index is -0.350. The standard InChI is InChI=1S/C13H16ClNO3/c1-13(2)8-15(5-6-18-13)12(17)10-7-9(16)3-4-11(10)14/h3-4,7,16H,5-6,8H2,1-2H3. The summed E-state index contributed by atoms with van der Waals surface area (Å²) < 4.78 is 5.56. The molecule has 0 bridgehead atoms. The van der Waals surface area contributed by atoms with Crippen LogP contribution >= 0.6 is 11.6 Å². The molecule has 4 nitrogen and oxygen atoms in total. The van der Waals surface area contributed by atoms with Gasteiger partial charge in [0.2, 0.25) is 0 Å². The van der Waals surface area contributed by atoms with Gasteiger partial charge in [0.15, 0.2) is 0 Å². The van der Waals surface area contributed by atoms with Crippen LogP contribution in [0.15, 0.2) is 18.2 Å². The van der Waals surface area contributed by atoms with E-state index in [1.54, 1.807) is 4.90 Å². The van der Waals surface area contributed by atoms with Crippen molar-refractivity contribution in [3.05, 3.63) is 28.8 Å². The Labute approximate surface area is 111 Å². The minimum Gasteiger partial charge on any atom is -0.508 e. The largest absolute Gasteiger partial charge is 0.508 e. The van der Waals surface area contributed by atoms with Crippen LogP contribution in [0, 0.1) is 0 Å². The van der Waals surface area contributed by atoms with Crippen LogP contribution in [0.2, 0.25) is 5.02 Å². The van der Waals surface area contributed by atoms with Gasteiger partial charge in [-0.1, -0.05) is 11.6 Å². The highest BCUT2D eigenvalue weighted by atomic mass is 35.5. The second kappa shape index (κ2) is 4.78. The molecule has 5 heteroatoms. The first-order chi connectivity index (χ1) is 8.39. The number of nitrogens with zero attached hydrogens (tertiary/aromatic N) is 1. The Morgan fingerprint density at radius 1 is 1.50 bits per heavy atom. The second-order valence-corrected chi connectivity index (χ2v) is 5.41. The van der Waals surface area contributed by atoms with Crippen molar-refractivity contribution in [2.24, 2.45) is 0 Å². The summed E-state index contributed by atoms with van der Waals surface area (Å²) in [4.78, 5) is 14.0. The molecule has 0 saturated carbocycles. The van der Waals surface area contributed by atoms with Crippen molar-refractivity contribution in [1.29, 1.82) is 0 Å². The summed E-state index contributed by atoms with van der Waals surface area (Å²) in [5.41, 5.74) is -0.0219. The van der Waals surface area contributed by atoms with E-state index in [1.807, 2.05) is 13.8 Å². The number of ether oxygens (including phenoxy) is 1. The third kappa shape index (κ3) is 2.76. The van der Waals surface area contributed by atoms with Gasteiger partial charge in [0, 0.05) is 13.1 Å². The van der Waals surface area contributed by atoms with Crippen molar-refractivity contribution in [1.82, 2.24) is 4.90 Å². The van der Waals surface area contributed by atoms with Crippen molar-refractivity contribution >= 4 is 17.5 Å². The minimum absolute atomic E-state index is 0.0373. The maximum atomic E-state index is 12.3. The summed E-state index contributed by atoms with van der Waals surface area (Å²) in [6, 6.07) is 4.38. The molecule has 18 heavy (non-hydrogen) atoms. The molecule has 0 unspecified atom stereocenters. The summed E-state index contributed by atoms with van der Waals surface area (Å²) in [5.74, 6) is -0.137. The lowest BCUT2D eigenvalue weighted by Crippen LogP contribution is -2.50. The molecule has 1 fully saturated rings. The summed E-state index contributed by atoms with van der Waals surface area (Å²) in [7, 11) is 0. The number of aromatic hydroxyl groups is 1. The number of carbonyl (C=O) groups excluding carboxylic acids is 1. The number of rotatable bonds is 1. The monoisotopic (exact) mass is 269 g/mol. The highest BCUT2D eigenvalue weighted by Crippen LogP contribution is 2.25. The smallest absolute Gasteiger partial charge is 0.255 e. The fourth-order valence-corrected chi connectivity index (χ4v) is 2.24. The number of hydrogen-bond acceptors (Lipinski definition) is 3. The van der Waals surface area contributed by atoms with E-state index in [1.165, 1.54) is 18.2 Å². The first kappa shape index (κ1) is 13.2. The SMILES string of the molecule is CC1(C)CN(C(=O)c2cc(O)ccc2Cl)CCO1. The van der Waals surface area contributed by atoms with Crippen LogP contribution in [0.1, 0.15) is 24.2 Å². The Bertz CT molecular complexity index is 473. The molecular weight excluding hydrogens is 254 g/mol. The van der Waals surface area contributed by atoms with Crippen molar-refractivity contribution in [3.63, 3.8) is 0 Å². The van der Waals surface area contributed by atoms with Gasteiger partial charge in [0.1, 0.15) is 5.75 Å². The van der Waals surface area contributed by atoms with E-state index in [9.17, 15) is 9.90 Å². The molecule has 0 radical (unpaired) electrons. The first-order valence-electron chi connectivity index (χ1n) is 5.81. The van der Waals surface area contributed by atoms with Gasteiger partial charge in [0.05, 0.1) is 22.8 Å². The first-order valence-corrected chi connectivity index (χ1v) is 6.19. The van der Waals surface area contributed by atoms with E-state index in [-0.39, 0.29) is 17.3 Å². The number of benzene rings is 1. The predicted molar refractivity (Wildman–Crippen MR) is 69.1 cm³/mol. The molecule has 1 N–H and O–H groups in total. The van der Waals surface area contributed by atoms with E-state index in [0.29, 0.717) is 30.3 Å².